The van der Waals surface area contributed by atoms with Gasteiger partial charge >= 0.3 is 0 Å². The number of aromatic nitrogens is 1. The Bertz CT molecular complexity index is 351. The first-order valence-corrected chi connectivity index (χ1v) is 5.98. The molecular formula is C10H15BrClN3O. The number of halogens is 2. The molecule has 1 unspecified atom stereocenters. The summed E-state index contributed by atoms with van der Waals surface area (Å²) in [6, 6.07) is 1.75. The van der Waals surface area contributed by atoms with Crippen molar-refractivity contribution in [2.75, 3.05) is 32.2 Å². The Morgan fingerprint density at radius 3 is 2.94 bits per heavy atom. The highest BCUT2D eigenvalue weighted by Gasteiger charge is 2.11. The van der Waals surface area contributed by atoms with Crippen molar-refractivity contribution in [3.05, 3.63) is 21.8 Å². The molecule has 90 valence electrons. The number of nitrogens with two attached hydrogens (primary N) is 1. The monoisotopic (exact) mass is 307 g/mol. The average molecular weight is 309 g/mol. The van der Waals surface area contributed by atoms with E-state index in [1.807, 2.05) is 18.0 Å². The second-order valence-corrected chi connectivity index (χ2v) is 4.88. The van der Waals surface area contributed by atoms with Crippen molar-refractivity contribution in [2.45, 2.75) is 6.04 Å². The molecule has 1 aromatic rings. The molecule has 0 radical (unpaired) electrons. The van der Waals surface area contributed by atoms with Crippen molar-refractivity contribution in [1.82, 2.24) is 4.98 Å². The maximum atomic E-state index is 6.08. The van der Waals surface area contributed by atoms with E-state index in [0.717, 1.165) is 10.3 Å². The fourth-order valence-electron chi connectivity index (χ4n) is 1.39. The van der Waals surface area contributed by atoms with Crippen LogP contribution < -0.4 is 10.6 Å². The number of rotatable bonds is 5. The zero-order chi connectivity index (χ0) is 12.1. The number of hydrogen-bond acceptors (Lipinski definition) is 4. The van der Waals surface area contributed by atoms with Crippen LogP contribution in [0.15, 0.2) is 16.7 Å². The Hall–Kier alpha value is -0.360. The number of methoxy groups -OCH3 is 1. The molecule has 1 heterocycles. The molecule has 16 heavy (non-hydrogen) atoms. The minimum atomic E-state index is -0.0588. The summed E-state index contributed by atoms with van der Waals surface area (Å²) in [7, 11) is 3.53. The minimum absolute atomic E-state index is 0.0588. The molecule has 1 rings (SSSR count). The lowest BCUT2D eigenvalue weighted by Gasteiger charge is -2.22. The van der Waals surface area contributed by atoms with Gasteiger partial charge in [-0.25, -0.2) is 4.98 Å². The molecule has 0 saturated carbocycles. The Labute approximate surface area is 109 Å². The van der Waals surface area contributed by atoms with Crippen molar-refractivity contribution in [1.29, 1.82) is 0 Å². The van der Waals surface area contributed by atoms with Crippen LogP contribution in [0, 0.1) is 0 Å². The summed E-state index contributed by atoms with van der Waals surface area (Å²) >= 11 is 9.39. The minimum Gasteiger partial charge on any atom is -0.383 e. The van der Waals surface area contributed by atoms with Crippen LogP contribution in [0.5, 0.6) is 0 Å². The number of anilines is 1. The number of ether oxygens (including phenoxy) is 1. The van der Waals surface area contributed by atoms with Crippen LogP contribution in [-0.2, 0) is 4.74 Å². The smallest absolute Gasteiger partial charge is 0.147 e. The molecule has 4 nitrogen and oxygen atoms in total. The highest BCUT2D eigenvalue weighted by Crippen LogP contribution is 2.25. The van der Waals surface area contributed by atoms with Crippen LogP contribution >= 0.6 is 27.5 Å². The van der Waals surface area contributed by atoms with Gasteiger partial charge in [-0.05, 0) is 22.0 Å². The zero-order valence-corrected chi connectivity index (χ0v) is 11.6. The van der Waals surface area contributed by atoms with Gasteiger partial charge in [0.1, 0.15) is 5.82 Å². The van der Waals surface area contributed by atoms with Gasteiger partial charge in [0, 0.05) is 37.4 Å². The van der Waals surface area contributed by atoms with E-state index in [1.165, 1.54) is 0 Å². The van der Waals surface area contributed by atoms with Crippen LogP contribution in [0.4, 0.5) is 5.82 Å². The van der Waals surface area contributed by atoms with Gasteiger partial charge in [0.15, 0.2) is 0 Å². The van der Waals surface area contributed by atoms with E-state index < -0.39 is 0 Å². The molecule has 0 bridgehead atoms. The van der Waals surface area contributed by atoms with E-state index >= 15 is 0 Å². The predicted octanol–water partition coefficient (Wildman–Crippen LogP) is 1.91. The summed E-state index contributed by atoms with van der Waals surface area (Å²) in [5.41, 5.74) is 5.86. The van der Waals surface area contributed by atoms with E-state index in [0.29, 0.717) is 18.2 Å². The van der Waals surface area contributed by atoms with Crippen molar-refractivity contribution in [3.63, 3.8) is 0 Å². The van der Waals surface area contributed by atoms with Crippen molar-refractivity contribution in [3.8, 4) is 0 Å². The maximum absolute atomic E-state index is 6.08. The fourth-order valence-corrected chi connectivity index (χ4v) is 2.17. The molecule has 1 atom stereocenters. The summed E-state index contributed by atoms with van der Waals surface area (Å²) in [5, 5.41) is 0.599. The van der Waals surface area contributed by atoms with Gasteiger partial charge in [-0.3, -0.25) is 0 Å². The third-order valence-corrected chi connectivity index (χ3v) is 2.75. The van der Waals surface area contributed by atoms with E-state index in [9.17, 15) is 0 Å². The molecule has 2 N–H and O–H groups in total. The van der Waals surface area contributed by atoms with Crippen LogP contribution in [0.2, 0.25) is 5.02 Å². The maximum Gasteiger partial charge on any atom is 0.147 e. The molecule has 6 heteroatoms. The molecule has 0 amide bonds. The first kappa shape index (κ1) is 13.7. The van der Waals surface area contributed by atoms with E-state index in [4.69, 9.17) is 22.1 Å². The van der Waals surface area contributed by atoms with E-state index in [1.54, 1.807) is 13.3 Å². The van der Waals surface area contributed by atoms with Crippen molar-refractivity contribution >= 4 is 33.3 Å². The van der Waals surface area contributed by atoms with Gasteiger partial charge in [0.25, 0.3) is 0 Å². The van der Waals surface area contributed by atoms with Crippen LogP contribution in [-0.4, -0.2) is 38.3 Å². The third kappa shape index (κ3) is 3.90. The summed E-state index contributed by atoms with van der Waals surface area (Å²) in [6.45, 7) is 1.15. The van der Waals surface area contributed by atoms with Crippen molar-refractivity contribution < 1.29 is 4.74 Å². The molecule has 0 fully saturated rings. The lowest BCUT2D eigenvalue weighted by atomic mass is 10.3. The molecule has 0 aliphatic heterocycles. The summed E-state index contributed by atoms with van der Waals surface area (Å²) in [5.74, 6) is 0.719. The quantitative estimate of drug-likeness (QED) is 0.903. The van der Waals surface area contributed by atoms with Crippen LogP contribution in [0.1, 0.15) is 0 Å². The van der Waals surface area contributed by atoms with Gasteiger partial charge in [0.05, 0.1) is 11.6 Å². The molecule has 0 aromatic carbocycles. The highest BCUT2D eigenvalue weighted by atomic mass is 79.9. The lowest BCUT2D eigenvalue weighted by Crippen LogP contribution is -2.38. The Balaban J connectivity index is 2.69. The first-order chi connectivity index (χ1) is 7.54. The fraction of sp³-hybridized carbons (Fsp3) is 0.500. The third-order valence-electron chi connectivity index (χ3n) is 2.04. The van der Waals surface area contributed by atoms with Gasteiger partial charge in [-0.2, -0.15) is 0 Å². The first-order valence-electron chi connectivity index (χ1n) is 4.81. The summed E-state index contributed by atoms with van der Waals surface area (Å²) < 4.78 is 5.83. The van der Waals surface area contributed by atoms with Crippen LogP contribution in [0.25, 0.3) is 0 Å². The Kier molecular flexibility index (Phi) is 5.48. The Morgan fingerprint density at radius 1 is 1.69 bits per heavy atom. The second kappa shape index (κ2) is 6.39. The normalized spacial score (nSPS) is 12.6. The highest BCUT2D eigenvalue weighted by molar-refractivity contribution is 9.10. The molecule has 0 spiro atoms. The number of likely N-dealkylation sites (N-methyl/N-ethyl adjacent to an activating group) is 1. The van der Waals surface area contributed by atoms with E-state index in [2.05, 4.69) is 20.9 Å². The lowest BCUT2D eigenvalue weighted by molar-refractivity contribution is 0.181. The van der Waals surface area contributed by atoms with Gasteiger partial charge < -0.3 is 15.4 Å². The zero-order valence-electron chi connectivity index (χ0n) is 9.28. The standard InChI is InChI=1S/C10H15BrClN3O/c1-15(5-8(13)6-16-2)10-9(12)3-7(11)4-14-10/h3-4,8H,5-6,13H2,1-2H3. The van der Waals surface area contributed by atoms with Crippen molar-refractivity contribution in [2.24, 2.45) is 5.73 Å². The summed E-state index contributed by atoms with van der Waals surface area (Å²) in [4.78, 5) is 6.16. The topological polar surface area (TPSA) is 51.4 Å². The molecular weight excluding hydrogens is 293 g/mol. The Morgan fingerprint density at radius 2 is 2.38 bits per heavy atom. The largest absolute Gasteiger partial charge is 0.383 e. The molecule has 1 aromatic heterocycles. The summed E-state index contributed by atoms with van der Waals surface area (Å²) in [6.07, 6.45) is 1.71. The average Bonchev–Trinajstić information content (AvgIpc) is 2.17. The number of hydrogen-bond donors (Lipinski definition) is 1. The SMILES string of the molecule is COCC(N)CN(C)c1ncc(Br)cc1Cl. The van der Waals surface area contributed by atoms with Gasteiger partial charge in [-0.15, -0.1) is 0 Å². The number of pyridine rings is 1. The van der Waals surface area contributed by atoms with E-state index in [-0.39, 0.29) is 6.04 Å². The number of nitrogens with zero attached hydrogens (tertiary/aromatic N) is 2. The predicted molar refractivity (Wildman–Crippen MR) is 70.1 cm³/mol. The van der Waals surface area contributed by atoms with Crippen LogP contribution in [0.3, 0.4) is 0 Å². The molecule has 0 aliphatic rings. The van der Waals surface area contributed by atoms with Gasteiger partial charge in [0.2, 0.25) is 0 Å². The molecule has 0 saturated heterocycles. The molecule has 0 aliphatic carbocycles. The van der Waals surface area contributed by atoms with Gasteiger partial charge in [-0.1, -0.05) is 11.6 Å². The second-order valence-electron chi connectivity index (χ2n) is 3.55.